The monoisotopic (exact) mass is 221 g/mol. The van der Waals surface area contributed by atoms with Gasteiger partial charge in [0, 0.05) is 6.20 Å². The second-order valence-electron chi connectivity index (χ2n) is 5.25. The first-order chi connectivity index (χ1) is 7.68. The third-order valence-electron chi connectivity index (χ3n) is 3.54. The van der Waals surface area contributed by atoms with Crippen LogP contribution in [0.3, 0.4) is 0 Å². The fraction of sp³-hybridized carbons (Fsp3) is 0.769. The van der Waals surface area contributed by atoms with Gasteiger partial charge in [-0.3, -0.25) is 4.68 Å². The van der Waals surface area contributed by atoms with Crippen molar-refractivity contribution in [1.82, 2.24) is 9.78 Å². The van der Waals surface area contributed by atoms with Crippen LogP contribution in [0.15, 0.2) is 6.20 Å². The lowest BCUT2D eigenvalue weighted by atomic mass is 10.1. The molecular formula is C13H23N3. The Hall–Kier alpha value is -0.990. The van der Waals surface area contributed by atoms with Crippen LogP contribution in [0.25, 0.3) is 0 Å². The molecule has 0 bridgehead atoms. The van der Waals surface area contributed by atoms with Gasteiger partial charge in [0.1, 0.15) is 0 Å². The molecule has 2 N–H and O–H groups in total. The van der Waals surface area contributed by atoms with Crippen molar-refractivity contribution in [2.24, 2.45) is 0 Å². The molecule has 0 aromatic carbocycles. The summed E-state index contributed by atoms with van der Waals surface area (Å²) < 4.78 is 2.12. The molecule has 1 aromatic heterocycles. The Labute approximate surface area is 98.0 Å². The lowest BCUT2D eigenvalue weighted by Gasteiger charge is -2.14. The van der Waals surface area contributed by atoms with Gasteiger partial charge in [-0.2, -0.15) is 5.10 Å². The van der Waals surface area contributed by atoms with Crippen LogP contribution >= 0.6 is 0 Å². The minimum Gasteiger partial charge on any atom is -0.396 e. The maximum atomic E-state index is 6.00. The van der Waals surface area contributed by atoms with Crippen LogP contribution in [0.1, 0.15) is 70.0 Å². The van der Waals surface area contributed by atoms with Crippen LogP contribution in [-0.2, 0) is 0 Å². The third-order valence-corrected chi connectivity index (χ3v) is 3.54. The summed E-state index contributed by atoms with van der Waals surface area (Å²) in [5, 5.41) is 4.67. The minimum atomic E-state index is 0.423. The van der Waals surface area contributed by atoms with E-state index in [0.717, 1.165) is 11.4 Å². The van der Waals surface area contributed by atoms with Crippen molar-refractivity contribution in [3.8, 4) is 0 Å². The topological polar surface area (TPSA) is 43.8 Å². The first-order valence-corrected chi connectivity index (χ1v) is 6.53. The van der Waals surface area contributed by atoms with Crippen molar-refractivity contribution in [2.75, 3.05) is 5.73 Å². The fourth-order valence-corrected chi connectivity index (χ4v) is 2.58. The Balaban J connectivity index is 2.16. The van der Waals surface area contributed by atoms with Crippen LogP contribution in [-0.4, -0.2) is 9.78 Å². The molecule has 1 aliphatic carbocycles. The zero-order valence-electron chi connectivity index (χ0n) is 10.4. The molecule has 0 aliphatic heterocycles. The van der Waals surface area contributed by atoms with E-state index < -0.39 is 0 Å². The van der Waals surface area contributed by atoms with Gasteiger partial charge in [0.2, 0.25) is 0 Å². The standard InChI is InChI=1S/C13H23N3/c1-10(2)13-12(14)9-16(15-13)11-7-5-3-4-6-8-11/h9-11H,3-8,14H2,1-2H3. The van der Waals surface area contributed by atoms with Gasteiger partial charge in [0.25, 0.3) is 0 Å². The molecule has 1 saturated carbocycles. The van der Waals surface area contributed by atoms with Gasteiger partial charge in [0.05, 0.1) is 17.4 Å². The zero-order chi connectivity index (χ0) is 11.5. The van der Waals surface area contributed by atoms with Gasteiger partial charge < -0.3 is 5.73 Å². The first-order valence-electron chi connectivity index (χ1n) is 6.53. The Bertz CT molecular complexity index is 333. The quantitative estimate of drug-likeness (QED) is 0.777. The van der Waals surface area contributed by atoms with E-state index in [9.17, 15) is 0 Å². The largest absolute Gasteiger partial charge is 0.396 e. The minimum absolute atomic E-state index is 0.423. The smallest absolute Gasteiger partial charge is 0.0879 e. The number of nitrogens with two attached hydrogens (primary N) is 1. The molecule has 0 spiro atoms. The van der Waals surface area contributed by atoms with E-state index in [-0.39, 0.29) is 0 Å². The van der Waals surface area contributed by atoms with Gasteiger partial charge in [-0.1, -0.05) is 39.5 Å². The second-order valence-corrected chi connectivity index (χ2v) is 5.25. The van der Waals surface area contributed by atoms with Gasteiger partial charge in [-0.25, -0.2) is 0 Å². The summed E-state index contributed by atoms with van der Waals surface area (Å²) in [5.74, 6) is 0.423. The van der Waals surface area contributed by atoms with E-state index in [0.29, 0.717) is 12.0 Å². The van der Waals surface area contributed by atoms with Crippen molar-refractivity contribution < 1.29 is 0 Å². The van der Waals surface area contributed by atoms with Crippen LogP contribution in [0.2, 0.25) is 0 Å². The maximum Gasteiger partial charge on any atom is 0.0879 e. The second kappa shape index (κ2) is 4.89. The van der Waals surface area contributed by atoms with Gasteiger partial charge >= 0.3 is 0 Å². The zero-order valence-corrected chi connectivity index (χ0v) is 10.4. The molecule has 1 heterocycles. The summed E-state index contributed by atoms with van der Waals surface area (Å²) in [5.41, 5.74) is 7.92. The molecule has 0 unspecified atom stereocenters. The molecule has 3 nitrogen and oxygen atoms in total. The number of hydrogen-bond acceptors (Lipinski definition) is 2. The lowest BCUT2D eigenvalue weighted by Crippen LogP contribution is -2.09. The van der Waals surface area contributed by atoms with Crippen molar-refractivity contribution in [3.63, 3.8) is 0 Å². The molecule has 1 aromatic rings. The summed E-state index contributed by atoms with van der Waals surface area (Å²) in [6.07, 6.45) is 9.99. The Kier molecular flexibility index (Phi) is 3.52. The molecule has 16 heavy (non-hydrogen) atoms. The molecule has 1 aliphatic rings. The number of nitrogens with zero attached hydrogens (tertiary/aromatic N) is 2. The highest BCUT2D eigenvalue weighted by Crippen LogP contribution is 2.29. The number of hydrogen-bond donors (Lipinski definition) is 1. The highest BCUT2D eigenvalue weighted by molar-refractivity contribution is 5.42. The Morgan fingerprint density at radius 1 is 1.25 bits per heavy atom. The fourth-order valence-electron chi connectivity index (χ4n) is 2.58. The van der Waals surface area contributed by atoms with E-state index in [1.807, 2.05) is 6.20 Å². The number of anilines is 1. The average molecular weight is 221 g/mol. The van der Waals surface area contributed by atoms with Crippen LogP contribution < -0.4 is 5.73 Å². The lowest BCUT2D eigenvalue weighted by molar-refractivity contribution is 0.402. The van der Waals surface area contributed by atoms with Gasteiger partial charge in [-0.05, 0) is 18.8 Å². The molecule has 0 amide bonds. The Morgan fingerprint density at radius 2 is 1.88 bits per heavy atom. The first kappa shape index (κ1) is 11.5. The van der Waals surface area contributed by atoms with Crippen molar-refractivity contribution in [2.45, 2.75) is 64.3 Å². The molecule has 90 valence electrons. The molecule has 3 heteroatoms. The summed E-state index contributed by atoms with van der Waals surface area (Å²) in [6, 6.07) is 0.581. The highest BCUT2D eigenvalue weighted by atomic mass is 15.3. The molecule has 0 saturated heterocycles. The molecule has 0 atom stereocenters. The average Bonchev–Trinajstić information content (AvgIpc) is 2.50. The highest BCUT2D eigenvalue weighted by Gasteiger charge is 2.17. The van der Waals surface area contributed by atoms with E-state index in [1.54, 1.807) is 0 Å². The predicted molar refractivity (Wildman–Crippen MR) is 67.5 cm³/mol. The maximum absolute atomic E-state index is 6.00. The van der Waals surface area contributed by atoms with E-state index in [2.05, 4.69) is 23.6 Å². The molecule has 2 rings (SSSR count). The van der Waals surface area contributed by atoms with Crippen molar-refractivity contribution in [1.29, 1.82) is 0 Å². The van der Waals surface area contributed by atoms with Crippen LogP contribution in [0.5, 0.6) is 0 Å². The van der Waals surface area contributed by atoms with Crippen LogP contribution in [0.4, 0.5) is 5.69 Å². The molecule has 1 fully saturated rings. The number of nitrogen functional groups attached to an aromatic ring is 1. The molecule has 0 radical (unpaired) electrons. The van der Waals surface area contributed by atoms with E-state index >= 15 is 0 Å². The van der Waals surface area contributed by atoms with Crippen molar-refractivity contribution in [3.05, 3.63) is 11.9 Å². The summed E-state index contributed by atoms with van der Waals surface area (Å²) in [4.78, 5) is 0. The molecular weight excluding hydrogens is 198 g/mol. The van der Waals surface area contributed by atoms with Gasteiger partial charge in [-0.15, -0.1) is 0 Å². The predicted octanol–water partition coefficient (Wildman–Crippen LogP) is 3.48. The third kappa shape index (κ3) is 2.39. The number of rotatable bonds is 2. The number of aromatic nitrogens is 2. The van der Waals surface area contributed by atoms with Gasteiger partial charge in [0.15, 0.2) is 0 Å². The van der Waals surface area contributed by atoms with Crippen LogP contribution in [0, 0.1) is 0 Å². The SMILES string of the molecule is CC(C)c1nn(C2CCCCCC2)cc1N. The normalized spacial score (nSPS) is 18.9. The summed E-state index contributed by atoms with van der Waals surface area (Å²) in [7, 11) is 0. The summed E-state index contributed by atoms with van der Waals surface area (Å²) in [6.45, 7) is 4.30. The van der Waals surface area contributed by atoms with E-state index in [1.165, 1.54) is 38.5 Å². The Morgan fingerprint density at radius 3 is 2.38 bits per heavy atom. The van der Waals surface area contributed by atoms with E-state index in [4.69, 9.17) is 5.73 Å². The van der Waals surface area contributed by atoms with Crippen molar-refractivity contribution >= 4 is 5.69 Å². The summed E-state index contributed by atoms with van der Waals surface area (Å²) >= 11 is 0.